The average molecular weight is 123 g/mol. The van der Waals surface area contributed by atoms with Gasteiger partial charge in [-0.1, -0.05) is 6.42 Å². The Kier molecular flexibility index (Phi) is 1.84. The highest BCUT2D eigenvalue weighted by molar-refractivity contribution is 5.83. The Morgan fingerprint density at radius 1 is 1.56 bits per heavy atom. The van der Waals surface area contributed by atoms with Gasteiger partial charge in [-0.3, -0.25) is 4.79 Å². The van der Waals surface area contributed by atoms with Crippen LogP contribution in [0.5, 0.6) is 0 Å². The highest BCUT2D eigenvalue weighted by Gasteiger charge is 2.20. The molecule has 48 valence electrons. The zero-order chi connectivity index (χ0) is 6.69. The van der Waals surface area contributed by atoms with Gasteiger partial charge in [-0.25, -0.2) is 0 Å². The van der Waals surface area contributed by atoms with Crippen molar-refractivity contribution in [2.24, 2.45) is 5.92 Å². The third-order valence-electron chi connectivity index (χ3n) is 1.71. The van der Waals surface area contributed by atoms with Crippen LogP contribution in [0.15, 0.2) is 0 Å². The first-order valence-corrected chi connectivity index (χ1v) is 3.27. The first kappa shape index (κ1) is 6.28. The maximum atomic E-state index is 10.8. The van der Waals surface area contributed by atoms with E-state index in [2.05, 4.69) is 0 Å². The summed E-state index contributed by atoms with van der Waals surface area (Å²) < 4.78 is 0. The number of carbonyl (C=O) groups excluding carboxylic acids is 1. The lowest BCUT2D eigenvalue weighted by Gasteiger charge is -2.12. The Hall–Kier alpha value is -0.840. The summed E-state index contributed by atoms with van der Waals surface area (Å²) in [4.78, 5) is 10.8. The highest BCUT2D eigenvalue weighted by atomic mass is 16.1. The van der Waals surface area contributed by atoms with Crippen LogP contribution in [0.4, 0.5) is 0 Å². The summed E-state index contributed by atoms with van der Waals surface area (Å²) in [6.07, 6.45) is 3.44. The summed E-state index contributed by atoms with van der Waals surface area (Å²) in [6.45, 7) is 0. The van der Waals surface area contributed by atoms with Gasteiger partial charge in [0.05, 0.1) is 6.07 Å². The molecule has 2 heteroatoms. The van der Waals surface area contributed by atoms with Crippen LogP contribution in [-0.4, -0.2) is 5.78 Å². The molecule has 1 aliphatic carbocycles. The number of hydrogen-bond acceptors (Lipinski definition) is 2. The summed E-state index contributed by atoms with van der Waals surface area (Å²) in [7, 11) is 0. The Morgan fingerprint density at radius 3 is 2.78 bits per heavy atom. The minimum Gasteiger partial charge on any atom is -0.298 e. The first-order valence-electron chi connectivity index (χ1n) is 3.27. The van der Waals surface area contributed by atoms with Crippen molar-refractivity contribution in [1.29, 1.82) is 5.26 Å². The molecule has 0 aromatic carbocycles. The number of ketones is 1. The molecule has 0 spiro atoms. The van der Waals surface area contributed by atoms with Crippen molar-refractivity contribution in [2.75, 3.05) is 0 Å². The van der Waals surface area contributed by atoms with Crippen molar-refractivity contribution >= 4 is 5.78 Å². The van der Waals surface area contributed by atoms with Gasteiger partial charge in [0.25, 0.3) is 0 Å². The van der Waals surface area contributed by atoms with E-state index in [4.69, 9.17) is 5.26 Å². The van der Waals surface area contributed by atoms with Crippen LogP contribution in [0, 0.1) is 17.2 Å². The number of nitrogens with zero attached hydrogens (tertiary/aromatic N) is 1. The molecule has 1 rings (SSSR count). The van der Waals surface area contributed by atoms with E-state index in [1.165, 1.54) is 0 Å². The summed E-state index contributed by atoms with van der Waals surface area (Å²) in [5.41, 5.74) is 0. The van der Waals surface area contributed by atoms with Gasteiger partial charge in [-0.2, -0.15) is 5.26 Å². The van der Waals surface area contributed by atoms with Crippen molar-refractivity contribution in [2.45, 2.75) is 25.7 Å². The van der Waals surface area contributed by atoms with Crippen LogP contribution in [0.2, 0.25) is 0 Å². The van der Waals surface area contributed by atoms with Gasteiger partial charge in [0.15, 0.2) is 0 Å². The van der Waals surface area contributed by atoms with E-state index < -0.39 is 0 Å². The Morgan fingerprint density at radius 2 is 2.33 bits per heavy atom. The number of rotatable bonds is 0. The summed E-state index contributed by atoms with van der Waals surface area (Å²) >= 11 is 0. The van der Waals surface area contributed by atoms with Crippen LogP contribution < -0.4 is 0 Å². The highest BCUT2D eigenvalue weighted by Crippen LogP contribution is 2.19. The van der Waals surface area contributed by atoms with Gasteiger partial charge < -0.3 is 0 Å². The fourth-order valence-electron chi connectivity index (χ4n) is 1.12. The molecule has 1 fully saturated rings. The molecule has 0 N–H and O–H groups in total. The average Bonchev–Trinajstić information content (AvgIpc) is 1.89. The van der Waals surface area contributed by atoms with E-state index in [-0.39, 0.29) is 11.7 Å². The zero-order valence-corrected chi connectivity index (χ0v) is 5.26. The van der Waals surface area contributed by atoms with Crippen LogP contribution >= 0.6 is 0 Å². The van der Waals surface area contributed by atoms with Crippen molar-refractivity contribution < 1.29 is 4.79 Å². The monoisotopic (exact) mass is 123 g/mol. The molecule has 1 aliphatic rings. The molecule has 0 bridgehead atoms. The van der Waals surface area contributed by atoms with Crippen molar-refractivity contribution in [3.05, 3.63) is 0 Å². The van der Waals surface area contributed by atoms with E-state index in [1.54, 1.807) is 0 Å². The summed E-state index contributed by atoms with van der Waals surface area (Å²) in [5, 5.41) is 8.39. The van der Waals surface area contributed by atoms with Gasteiger partial charge in [-0.15, -0.1) is 0 Å². The molecule has 0 saturated heterocycles. The number of hydrogen-bond donors (Lipinski definition) is 0. The zero-order valence-electron chi connectivity index (χ0n) is 5.26. The molecular formula is C7H9NO. The first-order chi connectivity index (χ1) is 4.34. The maximum absolute atomic E-state index is 10.8. The normalized spacial score (nSPS) is 27.4. The third kappa shape index (κ3) is 1.29. The van der Waals surface area contributed by atoms with E-state index in [0.29, 0.717) is 6.42 Å². The second kappa shape index (κ2) is 2.63. The lowest BCUT2D eigenvalue weighted by Crippen LogP contribution is -2.16. The molecule has 0 aliphatic heterocycles. The molecule has 0 aromatic heterocycles. The van der Waals surface area contributed by atoms with Gasteiger partial charge in [-0.05, 0) is 12.8 Å². The Labute approximate surface area is 54.5 Å². The van der Waals surface area contributed by atoms with Crippen LogP contribution in [0.25, 0.3) is 0 Å². The lowest BCUT2D eigenvalue weighted by molar-refractivity contribution is -0.122. The minimum absolute atomic E-state index is 0.142. The molecule has 2 nitrogen and oxygen atoms in total. The molecule has 0 amide bonds. The molecule has 0 heterocycles. The van der Waals surface area contributed by atoms with Gasteiger partial charge in [0.2, 0.25) is 0 Å². The SMILES string of the molecule is N#C[C@@H]1CCCCC1=O. The fourth-order valence-corrected chi connectivity index (χ4v) is 1.12. The van der Waals surface area contributed by atoms with Crippen LogP contribution in [-0.2, 0) is 4.79 Å². The molecule has 0 unspecified atom stereocenters. The quantitative estimate of drug-likeness (QED) is 0.486. The van der Waals surface area contributed by atoms with E-state index >= 15 is 0 Å². The molecule has 1 saturated carbocycles. The van der Waals surface area contributed by atoms with Crippen LogP contribution in [0.3, 0.4) is 0 Å². The molecular weight excluding hydrogens is 114 g/mol. The van der Waals surface area contributed by atoms with E-state index in [0.717, 1.165) is 19.3 Å². The molecule has 0 aromatic rings. The number of carbonyl (C=O) groups is 1. The second-order valence-corrected chi connectivity index (χ2v) is 2.39. The summed E-state index contributed by atoms with van der Waals surface area (Å²) in [5.74, 6) is -0.137. The maximum Gasteiger partial charge on any atom is 0.149 e. The van der Waals surface area contributed by atoms with E-state index in [1.807, 2.05) is 6.07 Å². The van der Waals surface area contributed by atoms with Crippen LogP contribution in [0.1, 0.15) is 25.7 Å². The largest absolute Gasteiger partial charge is 0.298 e. The Bertz CT molecular complexity index is 157. The smallest absolute Gasteiger partial charge is 0.149 e. The second-order valence-electron chi connectivity index (χ2n) is 2.39. The Balaban J connectivity index is 2.51. The predicted octanol–water partition coefficient (Wildman–Crippen LogP) is 1.27. The molecule has 1 atom stereocenters. The van der Waals surface area contributed by atoms with Gasteiger partial charge in [0, 0.05) is 6.42 Å². The van der Waals surface area contributed by atoms with Crippen molar-refractivity contribution in [3.8, 4) is 6.07 Å². The topological polar surface area (TPSA) is 40.9 Å². The predicted molar refractivity (Wildman–Crippen MR) is 32.6 cm³/mol. The lowest BCUT2D eigenvalue weighted by atomic mass is 9.89. The minimum atomic E-state index is -0.279. The standard InChI is InChI=1S/C7H9NO/c8-5-6-3-1-2-4-7(6)9/h6H,1-4H2/t6-/m0/s1. The molecule has 9 heavy (non-hydrogen) atoms. The van der Waals surface area contributed by atoms with Gasteiger partial charge >= 0.3 is 0 Å². The van der Waals surface area contributed by atoms with E-state index in [9.17, 15) is 4.79 Å². The number of Topliss-reactive ketones (excluding diaryl/α,β-unsaturated/α-hetero) is 1. The van der Waals surface area contributed by atoms with Crippen molar-refractivity contribution in [1.82, 2.24) is 0 Å². The van der Waals surface area contributed by atoms with Crippen molar-refractivity contribution in [3.63, 3.8) is 0 Å². The van der Waals surface area contributed by atoms with Gasteiger partial charge in [0.1, 0.15) is 11.7 Å². The third-order valence-corrected chi connectivity index (χ3v) is 1.71. The summed E-state index contributed by atoms with van der Waals surface area (Å²) in [6, 6.07) is 2.00. The fraction of sp³-hybridized carbons (Fsp3) is 0.714. The molecule has 0 radical (unpaired) electrons. The number of nitriles is 1.